The quantitative estimate of drug-likeness (QED) is 0.583. The number of carbonyl (C=O) groups is 2. The van der Waals surface area contributed by atoms with E-state index >= 15 is 0 Å². The summed E-state index contributed by atoms with van der Waals surface area (Å²) in [6.07, 6.45) is 0.165. The molecule has 8 heteroatoms. The number of thiazole rings is 1. The van der Waals surface area contributed by atoms with E-state index < -0.39 is 5.97 Å². The van der Waals surface area contributed by atoms with Gasteiger partial charge in [0.25, 0.3) is 0 Å². The Morgan fingerprint density at radius 2 is 2.08 bits per heavy atom. The molecule has 0 bridgehead atoms. The zero-order valence-corrected chi connectivity index (χ0v) is 16.2. The number of nitrogens with zero attached hydrogens (tertiary/aromatic N) is 1. The maximum Gasteiger partial charge on any atom is 0.374 e. The number of para-hydroxylation sites is 1. The van der Waals surface area contributed by atoms with Crippen molar-refractivity contribution in [2.75, 3.05) is 5.32 Å². The van der Waals surface area contributed by atoms with Gasteiger partial charge in [0.1, 0.15) is 11.6 Å². The topological polar surface area (TPSA) is 81.4 Å². The third-order valence-corrected chi connectivity index (χ3v) is 4.78. The second kappa shape index (κ2) is 8.29. The van der Waals surface area contributed by atoms with E-state index in [0.717, 1.165) is 11.3 Å². The number of hydrogen-bond donors (Lipinski definition) is 1. The summed E-state index contributed by atoms with van der Waals surface area (Å²) in [6.45, 7) is 1.95. The summed E-state index contributed by atoms with van der Waals surface area (Å²) < 4.78 is 10.7. The van der Waals surface area contributed by atoms with Gasteiger partial charge in [-0.05, 0) is 46.6 Å². The third kappa shape index (κ3) is 4.80. The van der Waals surface area contributed by atoms with Gasteiger partial charge in [0.05, 0.1) is 12.1 Å². The van der Waals surface area contributed by atoms with Crippen LogP contribution in [0.15, 0.2) is 50.9 Å². The molecule has 0 saturated carbocycles. The van der Waals surface area contributed by atoms with E-state index in [2.05, 4.69) is 26.2 Å². The first-order chi connectivity index (χ1) is 12.5. The number of aromatic nitrogens is 1. The molecule has 0 unspecified atom stereocenters. The van der Waals surface area contributed by atoms with E-state index in [-0.39, 0.29) is 24.7 Å². The molecule has 0 spiro atoms. The Hall–Kier alpha value is -2.45. The molecule has 6 nitrogen and oxygen atoms in total. The molecule has 0 fully saturated rings. The second-order valence-electron chi connectivity index (χ2n) is 5.45. The molecule has 26 heavy (non-hydrogen) atoms. The Balaban J connectivity index is 1.52. The molecule has 0 aliphatic heterocycles. The molecule has 1 N–H and O–H groups in total. The Morgan fingerprint density at radius 1 is 1.27 bits per heavy atom. The van der Waals surface area contributed by atoms with Gasteiger partial charge < -0.3 is 14.5 Å². The number of amides is 1. The van der Waals surface area contributed by atoms with Crippen molar-refractivity contribution in [1.29, 1.82) is 0 Å². The van der Waals surface area contributed by atoms with Crippen molar-refractivity contribution in [3.63, 3.8) is 0 Å². The monoisotopic (exact) mass is 434 g/mol. The van der Waals surface area contributed by atoms with Crippen LogP contribution in [-0.2, 0) is 22.6 Å². The van der Waals surface area contributed by atoms with E-state index in [9.17, 15) is 9.59 Å². The summed E-state index contributed by atoms with van der Waals surface area (Å²) in [5.41, 5.74) is 2.37. The van der Waals surface area contributed by atoms with Gasteiger partial charge in [-0.25, -0.2) is 9.78 Å². The molecule has 0 saturated heterocycles. The average molecular weight is 435 g/mol. The number of nitrogens with one attached hydrogen (secondary N) is 1. The number of halogens is 1. The van der Waals surface area contributed by atoms with Gasteiger partial charge in [-0.1, -0.05) is 18.2 Å². The minimum absolute atomic E-state index is 0.0209. The fourth-order valence-electron chi connectivity index (χ4n) is 2.18. The molecule has 1 amide bonds. The Labute approximate surface area is 162 Å². The molecular weight excluding hydrogens is 420 g/mol. The smallest absolute Gasteiger partial charge is 0.374 e. The SMILES string of the molecule is Cc1ccccc1NC(=O)Cc1nc(COC(=O)c2ccc(Br)o2)cs1. The number of anilines is 1. The highest BCUT2D eigenvalue weighted by Gasteiger charge is 2.14. The van der Waals surface area contributed by atoms with E-state index in [1.807, 2.05) is 31.2 Å². The van der Waals surface area contributed by atoms with Crippen LogP contribution in [0, 0.1) is 6.92 Å². The van der Waals surface area contributed by atoms with E-state index in [4.69, 9.17) is 9.15 Å². The van der Waals surface area contributed by atoms with Crippen molar-refractivity contribution >= 4 is 44.8 Å². The maximum absolute atomic E-state index is 12.2. The summed E-state index contributed by atoms with van der Waals surface area (Å²) in [6, 6.07) is 10.7. The lowest BCUT2D eigenvalue weighted by Gasteiger charge is -2.06. The first-order valence-electron chi connectivity index (χ1n) is 7.72. The van der Waals surface area contributed by atoms with Gasteiger partial charge in [0.15, 0.2) is 4.67 Å². The van der Waals surface area contributed by atoms with Crippen LogP contribution in [0.25, 0.3) is 0 Å². The first-order valence-corrected chi connectivity index (χ1v) is 9.40. The van der Waals surface area contributed by atoms with Gasteiger partial charge in [-0.15, -0.1) is 11.3 Å². The summed E-state index contributed by atoms with van der Waals surface area (Å²) in [7, 11) is 0. The highest BCUT2D eigenvalue weighted by molar-refractivity contribution is 9.10. The second-order valence-corrected chi connectivity index (χ2v) is 7.18. The van der Waals surface area contributed by atoms with Gasteiger partial charge in [-0.2, -0.15) is 0 Å². The molecule has 0 radical (unpaired) electrons. The van der Waals surface area contributed by atoms with Crippen molar-refractivity contribution in [2.45, 2.75) is 20.0 Å². The molecule has 0 atom stereocenters. The predicted molar refractivity (Wildman–Crippen MR) is 101 cm³/mol. The van der Waals surface area contributed by atoms with Crippen molar-refractivity contribution in [1.82, 2.24) is 4.98 Å². The van der Waals surface area contributed by atoms with Gasteiger partial charge in [0, 0.05) is 11.1 Å². The maximum atomic E-state index is 12.2. The van der Waals surface area contributed by atoms with Crippen molar-refractivity contribution < 1.29 is 18.7 Å². The van der Waals surface area contributed by atoms with E-state index in [0.29, 0.717) is 15.4 Å². The largest absolute Gasteiger partial charge is 0.453 e. The highest BCUT2D eigenvalue weighted by atomic mass is 79.9. The molecule has 0 aliphatic rings. The highest BCUT2D eigenvalue weighted by Crippen LogP contribution is 2.17. The summed E-state index contributed by atoms with van der Waals surface area (Å²) in [5.74, 6) is -0.592. The average Bonchev–Trinajstić information content (AvgIpc) is 3.24. The molecule has 1 aromatic carbocycles. The number of rotatable bonds is 6. The number of carbonyl (C=O) groups excluding carboxylic acids is 2. The minimum Gasteiger partial charge on any atom is -0.453 e. The number of hydrogen-bond acceptors (Lipinski definition) is 6. The molecular formula is C18H15BrN2O4S. The Bertz CT molecular complexity index is 935. The number of ether oxygens (including phenoxy) is 1. The Morgan fingerprint density at radius 3 is 2.81 bits per heavy atom. The van der Waals surface area contributed by atoms with Crippen molar-refractivity contribution in [3.05, 3.63) is 68.5 Å². The number of furan rings is 1. The standard InChI is InChI=1S/C18H15BrN2O4S/c1-11-4-2-3-5-13(11)21-16(22)8-17-20-12(10-26-17)9-24-18(23)14-6-7-15(19)25-14/h2-7,10H,8-9H2,1H3,(H,21,22). The summed E-state index contributed by atoms with van der Waals surface area (Å²) in [4.78, 5) is 28.3. The summed E-state index contributed by atoms with van der Waals surface area (Å²) >= 11 is 4.48. The lowest BCUT2D eigenvalue weighted by atomic mass is 10.2. The number of benzene rings is 1. The molecule has 3 aromatic rings. The van der Waals surface area contributed by atoms with Gasteiger partial charge in [0.2, 0.25) is 11.7 Å². The van der Waals surface area contributed by atoms with Crippen LogP contribution >= 0.6 is 27.3 Å². The Kier molecular flexibility index (Phi) is 5.85. The van der Waals surface area contributed by atoms with Crippen LogP contribution < -0.4 is 5.32 Å². The fourth-order valence-corrected chi connectivity index (χ4v) is 3.26. The van der Waals surface area contributed by atoms with E-state index in [1.54, 1.807) is 11.4 Å². The predicted octanol–water partition coefficient (Wildman–Crippen LogP) is 4.35. The normalized spacial score (nSPS) is 10.5. The van der Waals surface area contributed by atoms with Crippen LogP contribution in [0.5, 0.6) is 0 Å². The van der Waals surface area contributed by atoms with Crippen LogP contribution in [0.2, 0.25) is 0 Å². The van der Waals surface area contributed by atoms with Crippen LogP contribution in [0.3, 0.4) is 0 Å². The van der Waals surface area contributed by atoms with Crippen LogP contribution in [-0.4, -0.2) is 16.9 Å². The molecule has 2 heterocycles. The molecule has 3 rings (SSSR count). The lowest BCUT2D eigenvalue weighted by molar-refractivity contribution is -0.115. The van der Waals surface area contributed by atoms with Gasteiger partial charge >= 0.3 is 5.97 Å². The number of esters is 1. The molecule has 0 aliphatic carbocycles. The fraction of sp³-hybridized carbons (Fsp3) is 0.167. The minimum atomic E-state index is -0.567. The molecule has 134 valence electrons. The van der Waals surface area contributed by atoms with E-state index in [1.165, 1.54) is 17.4 Å². The van der Waals surface area contributed by atoms with Gasteiger partial charge in [-0.3, -0.25) is 4.79 Å². The first kappa shape index (κ1) is 18.3. The third-order valence-electron chi connectivity index (χ3n) is 3.46. The zero-order chi connectivity index (χ0) is 18.5. The van der Waals surface area contributed by atoms with Crippen LogP contribution in [0.4, 0.5) is 5.69 Å². The molecule has 2 aromatic heterocycles. The summed E-state index contributed by atoms with van der Waals surface area (Å²) in [5, 5.41) is 5.29. The number of aryl methyl sites for hydroxylation is 1. The zero-order valence-electron chi connectivity index (χ0n) is 13.8. The van der Waals surface area contributed by atoms with Crippen LogP contribution in [0.1, 0.15) is 26.8 Å². The van der Waals surface area contributed by atoms with Crippen molar-refractivity contribution in [2.24, 2.45) is 0 Å². The van der Waals surface area contributed by atoms with Crippen molar-refractivity contribution in [3.8, 4) is 0 Å². The lowest BCUT2D eigenvalue weighted by Crippen LogP contribution is -2.15.